The van der Waals surface area contributed by atoms with Crippen LogP contribution in [0.4, 0.5) is 0 Å². The van der Waals surface area contributed by atoms with E-state index in [-0.39, 0.29) is 5.91 Å². The van der Waals surface area contributed by atoms with E-state index in [1.807, 2.05) is 4.90 Å². The zero-order valence-corrected chi connectivity index (χ0v) is 11.3. The number of amides is 1. The fourth-order valence-corrected chi connectivity index (χ4v) is 3.11. The van der Waals surface area contributed by atoms with Crippen LogP contribution >= 0.6 is 11.3 Å². The molecule has 6 nitrogen and oxygen atoms in total. The highest BCUT2D eigenvalue weighted by molar-refractivity contribution is 7.10. The van der Waals surface area contributed by atoms with Gasteiger partial charge in [-0.2, -0.15) is 0 Å². The number of hydrogen-bond acceptors (Lipinski definition) is 5. The highest BCUT2D eigenvalue weighted by Crippen LogP contribution is 2.24. The summed E-state index contributed by atoms with van der Waals surface area (Å²) in [5, 5.41) is 9.90. The fourth-order valence-electron chi connectivity index (χ4n) is 2.22. The lowest BCUT2D eigenvalue weighted by Gasteiger charge is -2.26. The Bertz CT molecular complexity index is 590. The van der Waals surface area contributed by atoms with E-state index >= 15 is 0 Å². The minimum atomic E-state index is -0.0554. The molecule has 0 saturated heterocycles. The molecule has 100 valence electrons. The highest BCUT2D eigenvalue weighted by atomic mass is 32.1. The highest BCUT2D eigenvalue weighted by Gasteiger charge is 2.24. The second-order valence-corrected chi connectivity index (χ2v) is 5.50. The molecule has 2 aromatic rings. The van der Waals surface area contributed by atoms with Gasteiger partial charge in [0, 0.05) is 24.5 Å². The Morgan fingerprint density at radius 2 is 2.42 bits per heavy atom. The first-order chi connectivity index (χ1) is 9.28. The third-order valence-corrected chi connectivity index (χ3v) is 4.23. The molecule has 0 spiro atoms. The number of carbonyl (C=O) groups excluding carboxylic acids is 1. The average Bonchev–Trinajstić information content (AvgIpc) is 3.05. The van der Waals surface area contributed by atoms with Gasteiger partial charge in [0.2, 0.25) is 0 Å². The summed E-state index contributed by atoms with van der Waals surface area (Å²) in [6, 6.07) is 2.09. The van der Waals surface area contributed by atoms with Crippen LogP contribution in [0, 0.1) is 0 Å². The van der Waals surface area contributed by atoms with E-state index < -0.39 is 0 Å². The summed E-state index contributed by atoms with van der Waals surface area (Å²) in [4.78, 5) is 15.5. The summed E-state index contributed by atoms with van der Waals surface area (Å²) in [6.45, 7) is 2.48. The molecule has 0 atom stereocenters. The molecule has 0 fully saturated rings. The van der Waals surface area contributed by atoms with Crippen molar-refractivity contribution < 1.29 is 4.79 Å². The summed E-state index contributed by atoms with van der Waals surface area (Å²) in [5.74, 6) is -0.0554. The summed E-state index contributed by atoms with van der Waals surface area (Å²) in [5.41, 5.74) is 7.09. The Hall–Kier alpha value is -1.73. The molecule has 7 heteroatoms. The van der Waals surface area contributed by atoms with Gasteiger partial charge in [0.15, 0.2) is 5.69 Å². The van der Waals surface area contributed by atoms with Crippen LogP contribution in [0.15, 0.2) is 17.6 Å². The van der Waals surface area contributed by atoms with Gasteiger partial charge < -0.3 is 10.6 Å². The largest absolute Gasteiger partial charge is 0.332 e. The molecule has 1 amide bonds. The van der Waals surface area contributed by atoms with E-state index in [0.717, 1.165) is 13.0 Å². The third-order valence-electron chi connectivity index (χ3n) is 3.21. The Labute approximate surface area is 114 Å². The van der Waals surface area contributed by atoms with Crippen molar-refractivity contribution in [2.24, 2.45) is 5.73 Å². The number of hydrogen-bond donors (Lipinski definition) is 1. The molecule has 1 aliphatic rings. The van der Waals surface area contributed by atoms with E-state index in [1.54, 1.807) is 22.2 Å². The molecule has 1 aliphatic heterocycles. The number of rotatable bonds is 3. The first-order valence-corrected chi connectivity index (χ1v) is 7.10. The molecular weight excluding hydrogens is 262 g/mol. The summed E-state index contributed by atoms with van der Waals surface area (Å²) in [7, 11) is 0. The van der Waals surface area contributed by atoms with Gasteiger partial charge in [-0.1, -0.05) is 5.21 Å². The van der Waals surface area contributed by atoms with E-state index in [2.05, 4.69) is 21.8 Å². The first-order valence-electron chi connectivity index (χ1n) is 6.22. The molecule has 0 radical (unpaired) electrons. The predicted octanol–water partition coefficient (Wildman–Crippen LogP) is 0.497. The van der Waals surface area contributed by atoms with E-state index in [1.165, 1.54) is 10.4 Å². The lowest BCUT2D eigenvalue weighted by molar-refractivity contribution is 0.0730. The maximum atomic E-state index is 12.3. The Morgan fingerprint density at radius 3 is 3.26 bits per heavy atom. The summed E-state index contributed by atoms with van der Waals surface area (Å²) in [6.07, 6.45) is 2.59. The molecule has 3 rings (SSSR count). The molecule has 0 aliphatic carbocycles. The number of carbonyl (C=O) groups is 1. The van der Waals surface area contributed by atoms with Gasteiger partial charge in [-0.3, -0.25) is 9.48 Å². The monoisotopic (exact) mass is 277 g/mol. The van der Waals surface area contributed by atoms with Crippen LogP contribution < -0.4 is 5.73 Å². The van der Waals surface area contributed by atoms with Crippen molar-refractivity contribution in [3.63, 3.8) is 0 Å². The molecule has 0 aromatic carbocycles. The van der Waals surface area contributed by atoms with Crippen LogP contribution in [-0.2, 0) is 19.5 Å². The smallest absolute Gasteiger partial charge is 0.276 e. The number of aromatic nitrogens is 3. The Balaban J connectivity index is 1.74. The molecule has 2 N–H and O–H groups in total. The van der Waals surface area contributed by atoms with Gasteiger partial charge in [-0.25, -0.2) is 0 Å². The van der Waals surface area contributed by atoms with Gasteiger partial charge in [0.05, 0.1) is 12.7 Å². The maximum Gasteiger partial charge on any atom is 0.276 e. The van der Waals surface area contributed by atoms with Crippen LogP contribution in [0.1, 0.15) is 20.9 Å². The van der Waals surface area contributed by atoms with Crippen LogP contribution in [0.3, 0.4) is 0 Å². The number of nitrogens with zero attached hydrogens (tertiary/aromatic N) is 4. The normalized spacial score (nSPS) is 14.5. The zero-order chi connectivity index (χ0) is 13.2. The van der Waals surface area contributed by atoms with Crippen molar-refractivity contribution in [2.75, 3.05) is 13.1 Å². The molecule has 2 aromatic heterocycles. The van der Waals surface area contributed by atoms with Crippen LogP contribution in [-0.4, -0.2) is 38.9 Å². The van der Waals surface area contributed by atoms with Crippen molar-refractivity contribution in [3.8, 4) is 0 Å². The molecule has 0 bridgehead atoms. The van der Waals surface area contributed by atoms with Crippen molar-refractivity contribution >= 4 is 17.2 Å². The Kier molecular flexibility index (Phi) is 3.31. The fraction of sp³-hybridized carbons (Fsp3) is 0.417. The number of nitrogens with two attached hydrogens (primary N) is 1. The first kappa shape index (κ1) is 12.3. The Morgan fingerprint density at radius 1 is 1.53 bits per heavy atom. The van der Waals surface area contributed by atoms with E-state index in [0.29, 0.717) is 25.3 Å². The minimum Gasteiger partial charge on any atom is -0.332 e. The van der Waals surface area contributed by atoms with Gasteiger partial charge in [-0.15, -0.1) is 16.4 Å². The molecular formula is C12H15N5OS. The molecule has 3 heterocycles. The third kappa shape index (κ3) is 2.39. The zero-order valence-electron chi connectivity index (χ0n) is 10.5. The molecule has 0 unspecified atom stereocenters. The number of fused-ring (bicyclic) bond motifs is 1. The summed E-state index contributed by atoms with van der Waals surface area (Å²) >= 11 is 1.76. The van der Waals surface area contributed by atoms with Crippen LogP contribution in [0.5, 0.6) is 0 Å². The predicted molar refractivity (Wildman–Crippen MR) is 71.8 cm³/mol. The second kappa shape index (κ2) is 5.10. The maximum absolute atomic E-state index is 12.3. The quantitative estimate of drug-likeness (QED) is 0.886. The van der Waals surface area contributed by atoms with Crippen molar-refractivity contribution in [1.29, 1.82) is 0 Å². The molecule has 19 heavy (non-hydrogen) atoms. The van der Waals surface area contributed by atoms with Gasteiger partial charge in [-0.05, 0) is 23.4 Å². The van der Waals surface area contributed by atoms with Gasteiger partial charge in [0.1, 0.15) is 0 Å². The van der Waals surface area contributed by atoms with Crippen LogP contribution in [0.2, 0.25) is 0 Å². The van der Waals surface area contributed by atoms with Gasteiger partial charge >= 0.3 is 0 Å². The van der Waals surface area contributed by atoms with Crippen LogP contribution in [0.25, 0.3) is 0 Å². The van der Waals surface area contributed by atoms with E-state index in [9.17, 15) is 4.79 Å². The standard InChI is InChI=1S/C12H15N5OS/c13-3-5-17-8-10(14-15-17)12(18)16-4-1-11-9(7-16)2-6-19-11/h2,6,8H,1,3-5,7,13H2. The van der Waals surface area contributed by atoms with Crippen molar-refractivity contribution in [2.45, 2.75) is 19.5 Å². The van der Waals surface area contributed by atoms with Crippen molar-refractivity contribution in [1.82, 2.24) is 19.9 Å². The lowest BCUT2D eigenvalue weighted by Crippen LogP contribution is -2.35. The van der Waals surface area contributed by atoms with Crippen molar-refractivity contribution in [3.05, 3.63) is 33.8 Å². The lowest BCUT2D eigenvalue weighted by atomic mass is 10.1. The average molecular weight is 277 g/mol. The SMILES string of the molecule is NCCn1cc(C(=O)N2CCc3sccc3C2)nn1. The summed E-state index contributed by atoms with van der Waals surface area (Å²) < 4.78 is 1.60. The minimum absolute atomic E-state index is 0.0554. The second-order valence-electron chi connectivity index (χ2n) is 4.50. The topological polar surface area (TPSA) is 77.0 Å². The van der Waals surface area contributed by atoms with E-state index in [4.69, 9.17) is 5.73 Å². The van der Waals surface area contributed by atoms with Gasteiger partial charge in [0.25, 0.3) is 5.91 Å². The number of thiophene rings is 1. The molecule has 0 saturated carbocycles.